The molecule has 0 aliphatic carbocycles. The van der Waals surface area contributed by atoms with Gasteiger partial charge < -0.3 is 4.74 Å². The van der Waals surface area contributed by atoms with Gasteiger partial charge in [-0.1, -0.05) is 24.3 Å². The zero-order valence-electron chi connectivity index (χ0n) is 11.8. The Morgan fingerprint density at radius 3 is 2.80 bits per heavy atom. The average Bonchev–Trinajstić information content (AvgIpc) is 2.52. The summed E-state index contributed by atoms with van der Waals surface area (Å²) in [5.41, 5.74) is 5.30. The zero-order valence-corrected chi connectivity index (χ0v) is 11.8. The van der Waals surface area contributed by atoms with Gasteiger partial charge in [0.05, 0.1) is 7.11 Å². The van der Waals surface area contributed by atoms with Crippen LogP contribution < -0.4 is 16.0 Å². The molecule has 0 bridgehead atoms. The van der Waals surface area contributed by atoms with Crippen LogP contribution in [0.15, 0.2) is 48.8 Å². The van der Waals surface area contributed by atoms with Gasteiger partial charge in [0.15, 0.2) is 0 Å². The highest BCUT2D eigenvalue weighted by Crippen LogP contribution is 2.20. The van der Waals surface area contributed by atoms with Gasteiger partial charge in [0.2, 0.25) is 0 Å². The highest BCUT2D eigenvalue weighted by Gasteiger charge is 2.11. The largest absolute Gasteiger partial charge is 0.496 e. The van der Waals surface area contributed by atoms with Crippen molar-refractivity contribution in [1.82, 2.24) is 10.4 Å². The van der Waals surface area contributed by atoms with Crippen LogP contribution in [-0.4, -0.2) is 18.1 Å². The minimum atomic E-state index is 0.214. The summed E-state index contributed by atoms with van der Waals surface area (Å²) in [5.74, 6) is 6.58. The number of aryl methyl sites for hydroxylation is 1. The maximum Gasteiger partial charge on any atom is 0.122 e. The fourth-order valence-corrected chi connectivity index (χ4v) is 2.27. The van der Waals surface area contributed by atoms with E-state index in [0.29, 0.717) is 0 Å². The SMILES string of the molecule is COc1ccccc1CC(CCc1cccnc1)NN. The molecule has 20 heavy (non-hydrogen) atoms. The van der Waals surface area contributed by atoms with E-state index in [1.54, 1.807) is 13.3 Å². The van der Waals surface area contributed by atoms with Gasteiger partial charge in [-0.3, -0.25) is 16.3 Å². The van der Waals surface area contributed by atoms with E-state index in [-0.39, 0.29) is 6.04 Å². The molecule has 4 nitrogen and oxygen atoms in total. The number of aromatic nitrogens is 1. The molecule has 0 aliphatic rings. The third-order valence-electron chi connectivity index (χ3n) is 3.40. The van der Waals surface area contributed by atoms with E-state index in [0.717, 1.165) is 25.0 Å². The molecule has 1 unspecified atom stereocenters. The molecule has 1 aromatic carbocycles. The second kappa shape index (κ2) is 7.62. The van der Waals surface area contributed by atoms with Crippen molar-refractivity contribution in [3.05, 3.63) is 59.9 Å². The smallest absolute Gasteiger partial charge is 0.122 e. The first kappa shape index (κ1) is 14.5. The van der Waals surface area contributed by atoms with E-state index < -0.39 is 0 Å². The van der Waals surface area contributed by atoms with Gasteiger partial charge in [0, 0.05) is 18.4 Å². The first-order valence-corrected chi connectivity index (χ1v) is 6.80. The summed E-state index contributed by atoms with van der Waals surface area (Å²) in [6, 6.07) is 12.3. The lowest BCUT2D eigenvalue weighted by molar-refractivity contribution is 0.403. The summed E-state index contributed by atoms with van der Waals surface area (Å²) in [7, 11) is 1.69. The molecule has 0 amide bonds. The first-order chi connectivity index (χ1) is 9.83. The van der Waals surface area contributed by atoms with Crippen LogP contribution in [0.3, 0.4) is 0 Å². The molecule has 0 fully saturated rings. The first-order valence-electron chi connectivity index (χ1n) is 6.80. The molecule has 0 saturated carbocycles. The van der Waals surface area contributed by atoms with E-state index in [1.165, 1.54) is 11.1 Å². The summed E-state index contributed by atoms with van der Waals surface area (Å²) < 4.78 is 5.37. The highest BCUT2D eigenvalue weighted by molar-refractivity contribution is 5.33. The Bertz CT molecular complexity index is 516. The number of nitrogens with two attached hydrogens (primary N) is 1. The van der Waals surface area contributed by atoms with Gasteiger partial charge in [-0.05, 0) is 42.5 Å². The van der Waals surface area contributed by atoms with Crippen molar-refractivity contribution in [1.29, 1.82) is 0 Å². The topological polar surface area (TPSA) is 60.2 Å². The Labute approximate surface area is 120 Å². The molecule has 3 N–H and O–H groups in total. The number of hydrogen-bond donors (Lipinski definition) is 2. The van der Waals surface area contributed by atoms with E-state index in [9.17, 15) is 0 Å². The quantitative estimate of drug-likeness (QED) is 0.598. The molecule has 1 aromatic heterocycles. The van der Waals surface area contributed by atoms with Crippen LogP contribution in [0.1, 0.15) is 17.5 Å². The third kappa shape index (κ3) is 4.05. The van der Waals surface area contributed by atoms with Gasteiger partial charge in [-0.2, -0.15) is 0 Å². The van der Waals surface area contributed by atoms with Crippen molar-refractivity contribution in [3.8, 4) is 5.75 Å². The number of nitrogens with zero attached hydrogens (tertiary/aromatic N) is 1. The van der Waals surface area contributed by atoms with E-state index >= 15 is 0 Å². The summed E-state index contributed by atoms with van der Waals surface area (Å²) >= 11 is 0. The lowest BCUT2D eigenvalue weighted by atomic mass is 9.99. The Balaban J connectivity index is 1.95. The number of methoxy groups -OCH3 is 1. The number of benzene rings is 1. The predicted octanol–water partition coefficient (Wildman–Crippen LogP) is 2.10. The number of hydrazine groups is 1. The number of para-hydroxylation sites is 1. The molecule has 0 aliphatic heterocycles. The van der Waals surface area contributed by atoms with Crippen LogP contribution in [-0.2, 0) is 12.8 Å². The molecule has 1 heterocycles. The number of nitrogens with one attached hydrogen (secondary N) is 1. The predicted molar refractivity (Wildman–Crippen MR) is 80.4 cm³/mol. The lowest BCUT2D eigenvalue weighted by Crippen LogP contribution is -2.37. The molecule has 106 valence electrons. The number of rotatable bonds is 7. The van der Waals surface area contributed by atoms with Crippen LogP contribution >= 0.6 is 0 Å². The molecule has 0 spiro atoms. The van der Waals surface area contributed by atoms with Gasteiger partial charge >= 0.3 is 0 Å². The van der Waals surface area contributed by atoms with Crippen molar-refractivity contribution in [2.24, 2.45) is 5.84 Å². The van der Waals surface area contributed by atoms with Crippen molar-refractivity contribution in [2.45, 2.75) is 25.3 Å². The maximum absolute atomic E-state index is 5.67. The van der Waals surface area contributed by atoms with Crippen molar-refractivity contribution in [3.63, 3.8) is 0 Å². The highest BCUT2D eigenvalue weighted by atomic mass is 16.5. The van der Waals surface area contributed by atoms with E-state index in [2.05, 4.69) is 22.5 Å². The van der Waals surface area contributed by atoms with Crippen LogP contribution in [0.4, 0.5) is 0 Å². The lowest BCUT2D eigenvalue weighted by Gasteiger charge is -2.17. The Hall–Kier alpha value is -1.91. The van der Waals surface area contributed by atoms with Crippen LogP contribution in [0.2, 0.25) is 0 Å². The monoisotopic (exact) mass is 271 g/mol. The normalized spacial score (nSPS) is 12.1. The Kier molecular flexibility index (Phi) is 5.53. The van der Waals surface area contributed by atoms with Crippen LogP contribution in [0, 0.1) is 0 Å². The molecule has 2 rings (SSSR count). The summed E-state index contributed by atoms with van der Waals surface area (Å²) in [5, 5.41) is 0. The Morgan fingerprint density at radius 2 is 2.10 bits per heavy atom. The van der Waals surface area contributed by atoms with Gasteiger partial charge in [0.1, 0.15) is 5.75 Å². The molecule has 1 atom stereocenters. The van der Waals surface area contributed by atoms with Gasteiger partial charge in [0.25, 0.3) is 0 Å². The number of hydrogen-bond acceptors (Lipinski definition) is 4. The zero-order chi connectivity index (χ0) is 14.2. The van der Waals surface area contributed by atoms with Crippen LogP contribution in [0.5, 0.6) is 5.75 Å². The van der Waals surface area contributed by atoms with Crippen molar-refractivity contribution in [2.75, 3.05) is 7.11 Å². The molecular weight excluding hydrogens is 250 g/mol. The molecule has 2 aromatic rings. The average molecular weight is 271 g/mol. The summed E-state index contributed by atoms with van der Waals surface area (Å²) in [6.45, 7) is 0. The molecular formula is C16H21N3O. The minimum absolute atomic E-state index is 0.214. The van der Waals surface area contributed by atoms with Crippen LogP contribution in [0.25, 0.3) is 0 Å². The van der Waals surface area contributed by atoms with Crippen molar-refractivity contribution < 1.29 is 4.74 Å². The standard InChI is InChI=1S/C16H21N3O/c1-20-16-7-3-2-6-14(16)11-15(19-17)9-8-13-5-4-10-18-12-13/h2-7,10,12,15,19H,8-9,11,17H2,1H3. The maximum atomic E-state index is 5.67. The summed E-state index contributed by atoms with van der Waals surface area (Å²) in [4.78, 5) is 4.13. The number of pyridine rings is 1. The fourth-order valence-electron chi connectivity index (χ4n) is 2.27. The fraction of sp³-hybridized carbons (Fsp3) is 0.312. The second-order valence-corrected chi connectivity index (χ2v) is 4.78. The molecule has 4 heteroatoms. The van der Waals surface area contributed by atoms with Gasteiger partial charge in [-0.25, -0.2) is 0 Å². The second-order valence-electron chi connectivity index (χ2n) is 4.78. The molecule has 0 saturated heterocycles. The molecule has 0 radical (unpaired) electrons. The Morgan fingerprint density at radius 1 is 1.25 bits per heavy atom. The number of ether oxygens (including phenoxy) is 1. The van der Waals surface area contributed by atoms with Gasteiger partial charge in [-0.15, -0.1) is 0 Å². The van der Waals surface area contributed by atoms with E-state index in [4.69, 9.17) is 10.6 Å². The van der Waals surface area contributed by atoms with Crippen molar-refractivity contribution >= 4 is 0 Å². The minimum Gasteiger partial charge on any atom is -0.496 e. The van der Waals surface area contributed by atoms with E-state index in [1.807, 2.05) is 30.5 Å². The summed E-state index contributed by atoms with van der Waals surface area (Å²) in [6.07, 6.45) is 6.45. The third-order valence-corrected chi connectivity index (χ3v) is 3.40.